The fourth-order valence-corrected chi connectivity index (χ4v) is 2.88. The molecule has 0 bridgehead atoms. The number of hydrogen-bond acceptors (Lipinski definition) is 4. The van der Waals surface area contributed by atoms with Crippen molar-refractivity contribution in [1.29, 1.82) is 0 Å². The normalized spacial score (nSPS) is 17.4. The maximum absolute atomic E-state index is 5.95. The molecule has 3 aromatic heterocycles. The highest BCUT2D eigenvalue weighted by Gasteiger charge is 2.25. The van der Waals surface area contributed by atoms with Gasteiger partial charge in [0.1, 0.15) is 11.5 Å². The second-order valence-electron chi connectivity index (χ2n) is 5.33. The summed E-state index contributed by atoms with van der Waals surface area (Å²) >= 11 is 0. The predicted molar refractivity (Wildman–Crippen MR) is 78.7 cm³/mol. The van der Waals surface area contributed by atoms with Gasteiger partial charge in [0.25, 0.3) is 0 Å². The molecule has 3 heterocycles. The number of rotatable bonds is 2. The lowest BCUT2D eigenvalue weighted by Crippen LogP contribution is -2.11. The zero-order valence-corrected chi connectivity index (χ0v) is 11.6. The first kappa shape index (κ1) is 12.3. The van der Waals surface area contributed by atoms with Crippen molar-refractivity contribution in [2.45, 2.75) is 25.2 Å². The van der Waals surface area contributed by atoms with Gasteiger partial charge in [-0.15, -0.1) is 0 Å². The van der Waals surface area contributed by atoms with Crippen LogP contribution in [0.15, 0.2) is 53.3 Å². The van der Waals surface area contributed by atoms with E-state index in [1.165, 1.54) is 5.56 Å². The highest BCUT2D eigenvalue weighted by atomic mass is 16.4. The Labute approximate surface area is 122 Å². The van der Waals surface area contributed by atoms with E-state index < -0.39 is 0 Å². The van der Waals surface area contributed by atoms with Crippen LogP contribution >= 0.6 is 0 Å². The highest BCUT2D eigenvalue weighted by Crippen LogP contribution is 2.34. The van der Waals surface area contributed by atoms with E-state index in [1.54, 1.807) is 6.20 Å². The molecule has 0 saturated heterocycles. The molecule has 0 N–H and O–H groups in total. The molecule has 4 nitrogen and oxygen atoms in total. The molecule has 1 aliphatic carbocycles. The number of hydrogen-bond donors (Lipinski definition) is 0. The average Bonchev–Trinajstić information content (AvgIpc) is 2.99. The summed E-state index contributed by atoms with van der Waals surface area (Å²) in [6.07, 6.45) is 8.45. The molecule has 4 rings (SSSR count). The Hall–Kier alpha value is -2.49. The molecule has 104 valence electrons. The molecule has 1 atom stereocenters. The van der Waals surface area contributed by atoms with Gasteiger partial charge < -0.3 is 4.42 Å². The van der Waals surface area contributed by atoms with E-state index in [0.29, 0.717) is 11.8 Å². The first-order chi connectivity index (χ1) is 10.4. The van der Waals surface area contributed by atoms with E-state index in [-0.39, 0.29) is 0 Å². The van der Waals surface area contributed by atoms with E-state index in [2.05, 4.69) is 21.0 Å². The van der Waals surface area contributed by atoms with Crippen molar-refractivity contribution in [3.8, 4) is 11.6 Å². The fraction of sp³-hybridized carbons (Fsp3) is 0.235. The van der Waals surface area contributed by atoms with Gasteiger partial charge in [-0.25, -0.2) is 4.98 Å². The summed E-state index contributed by atoms with van der Waals surface area (Å²) in [4.78, 5) is 13.1. The van der Waals surface area contributed by atoms with Crippen LogP contribution in [0.1, 0.15) is 29.4 Å². The average molecular weight is 277 g/mol. The number of fused-ring (bicyclic) bond motifs is 1. The molecule has 3 aromatic rings. The molecule has 21 heavy (non-hydrogen) atoms. The minimum absolute atomic E-state index is 0.468. The van der Waals surface area contributed by atoms with Gasteiger partial charge in [-0.2, -0.15) is 0 Å². The Morgan fingerprint density at radius 2 is 2.10 bits per heavy atom. The van der Waals surface area contributed by atoms with E-state index in [9.17, 15) is 0 Å². The molecule has 0 aromatic carbocycles. The minimum atomic E-state index is 0.468. The Balaban J connectivity index is 1.63. The van der Waals surface area contributed by atoms with Crippen LogP contribution in [0.5, 0.6) is 0 Å². The fourth-order valence-electron chi connectivity index (χ4n) is 2.88. The van der Waals surface area contributed by atoms with Crippen LogP contribution in [-0.2, 0) is 12.8 Å². The molecule has 0 aliphatic heterocycles. The first-order valence-electron chi connectivity index (χ1n) is 7.20. The van der Waals surface area contributed by atoms with Gasteiger partial charge in [0.05, 0.1) is 5.69 Å². The van der Waals surface area contributed by atoms with E-state index in [1.807, 2.05) is 36.7 Å². The molecule has 0 spiro atoms. The van der Waals surface area contributed by atoms with Crippen molar-refractivity contribution in [3.63, 3.8) is 0 Å². The second-order valence-corrected chi connectivity index (χ2v) is 5.33. The van der Waals surface area contributed by atoms with Crippen molar-refractivity contribution in [2.75, 3.05) is 0 Å². The number of pyridine rings is 2. The van der Waals surface area contributed by atoms with Crippen molar-refractivity contribution in [3.05, 3.63) is 65.9 Å². The van der Waals surface area contributed by atoms with Crippen LogP contribution in [-0.4, -0.2) is 15.0 Å². The third-order valence-corrected chi connectivity index (χ3v) is 3.98. The SMILES string of the molecule is c1ccc(-c2nc3c(o2)CC(c2cccnc2)CC3)nc1. The summed E-state index contributed by atoms with van der Waals surface area (Å²) in [6.45, 7) is 0. The van der Waals surface area contributed by atoms with Crippen LogP contribution in [0, 0.1) is 0 Å². The van der Waals surface area contributed by atoms with E-state index in [0.717, 1.165) is 36.4 Å². The van der Waals surface area contributed by atoms with Gasteiger partial charge >= 0.3 is 0 Å². The van der Waals surface area contributed by atoms with Crippen LogP contribution in [0.2, 0.25) is 0 Å². The van der Waals surface area contributed by atoms with E-state index in [4.69, 9.17) is 4.42 Å². The second kappa shape index (κ2) is 5.13. The van der Waals surface area contributed by atoms with Crippen molar-refractivity contribution >= 4 is 0 Å². The molecule has 1 aliphatic rings. The van der Waals surface area contributed by atoms with Gasteiger partial charge in [0.15, 0.2) is 0 Å². The minimum Gasteiger partial charge on any atom is -0.440 e. The lowest BCUT2D eigenvalue weighted by atomic mass is 9.86. The van der Waals surface area contributed by atoms with Crippen LogP contribution in [0.25, 0.3) is 11.6 Å². The maximum atomic E-state index is 5.95. The molecular formula is C17H15N3O. The molecule has 0 fully saturated rings. The summed E-state index contributed by atoms with van der Waals surface area (Å²) in [6, 6.07) is 9.90. The van der Waals surface area contributed by atoms with Crippen LogP contribution in [0.4, 0.5) is 0 Å². The Morgan fingerprint density at radius 1 is 1.10 bits per heavy atom. The number of aryl methyl sites for hydroxylation is 1. The van der Waals surface area contributed by atoms with Gasteiger partial charge in [0, 0.05) is 25.0 Å². The standard InChI is InChI=1S/C17H15N3O/c1-2-9-19-15(5-1)17-20-14-7-6-12(10-16(14)21-17)13-4-3-8-18-11-13/h1-5,8-9,11-12H,6-7,10H2. The summed E-state index contributed by atoms with van der Waals surface area (Å²) < 4.78 is 5.95. The van der Waals surface area contributed by atoms with Crippen molar-refractivity contribution < 1.29 is 4.42 Å². The Bertz CT molecular complexity index is 737. The highest BCUT2D eigenvalue weighted by molar-refractivity contribution is 5.47. The van der Waals surface area contributed by atoms with E-state index >= 15 is 0 Å². The zero-order valence-electron chi connectivity index (χ0n) is 11.6. The maximum Gasteiger partial charge on any atom is 0.245 e. The Kier molecular flexibility index (Phi) is 2.99. The van der Waals surface area contributed by atoms with Gasteiger partial charge in [-0.05, 0) is 42.5 Å². The third kappa shape index (κ3) is 2.33. The summed E-state index contributed by atoms with van der Waals surface area (Å²) in [5, 5.41) is 0. The molecule has 0 saturated carbocycles. The lowest BCUT2D eigenvalue weighted by molar-refractivity contribution is 0.457. The molecule has 0 radical (unpaired) electrons. The summed E-state index contributed by atoms with van der Waals surface area (Å²) in [5.41, 5.74) is 3.15. The Morgan fingerprint density at radius 3 is 2.90 bits per heavy atom. The first-order valence-corrected chi connectivity index (χ1v) is 7.20. The zero-order chi connectivity index (χ0) is 14.1. The van der Waals surface area contributed by atoms with Gasteiger partial charge in [-0.1, -0.05) is 12.1 Å². The molecule has 0 amide bonds. The summed E-state index contributed by atoms with van der Waals surface area (Å²) in [7, 11) is 0. The molecule has 4 heteroatoms. The number of aromatic nitrogens is 3. The quantitative estimate of drug-likeness (QED) is 0.720. The van der Waals surface area contributed by atoms with Crippen molar-refractivity contribution in [1.82, 2.24) is 15.0 Å². The smallest absolute Gasteiger partial charge is 0.245 e. The monoisotopic (exact) mass is 277 g/mol. The van der Waals surface area contributed by atoms with Crippen LogP contribution < -0.4 is 0 Å². The largest absolute Gasteiger partial charge is 0.440 e. The van der Waals surface area contributed by atoms with Crippen LogP contribution in [0.3, 0.4) is 0 Å². The topological polar surface area (TPSA) is 51.8 Å². The molecular weight excluding hydrogens is 262 g/mol. The van der Waals surface area contributed by atoms with Gasteiger partial charge in [0.2, 0.25) is 5.89 Å². The number of oxazole rings is 1. The molecule has 1 unspecified atom stereocenters. The predicted octanol–water partition coefficient (Wildman–Crippen LogP) is 3.40. The summed E-state index contributed by atoms with van der Waals surface area (Å²) in [5.74, 6) is 2.10. The van der Waals surface area contributed by atoms with Gasteiger partial charge in [-0.3, -0.25) is 9.97 Å². The van der Waals surface area contributed by atoms with Crippen molar-refractivity contribution in [2.24, 2.45) is 0 Å². The number of nitrogens with zero attached hydrogens (tertiary/aromatic N) is 3. The third-order valence-electron chi connectivity index (χ3n) is 3.98. The lowest BCUT2D eigenvalue weighted by Gasteiger charge is -2.19.